The van der Waals surface area contributed by atoms with Crippen LogP contribution in [0, 0.1) is 11.3 Å². The van der Waals surface area contributed by atoms with Gasteiger partial charge in [-0.3, -0.25) is 4.79 Å². The van der Waals surface area contributed by atoms with E-state index in [1.54, 1.807) is 32.0 Å². The summed E-state index contributed by atoms with van der Waals surface area (Å²) in [6.07, 6.45) is -3.04. The third-order valence-electron chi connectivity index (χ3n) is 3.93. The summed E-state index contributed by atoms with van der Waals surface area (Å²) in [6, 6.07) is 11.3. The van der Waals surface area contributed by atoms with Gasteiger partial charge in [-0.1, -0.05) is 18.2 Å². The number of hydrogen-bond acceptors (Lipinski definition) is 4. The average molecular weight is 418 g/mol. The number of halogens is 3. The van der Waals surface area contributed by atoms with Gasteiger partial charge in [-0.2, -0.15) is 18.4 Å². The number of amides is 1. The zero-order chi connectivity index (χ0) is 22.3. The Morgan fingerprint density at radius 3 is 2.53 bits per heavy atom. The molecule has 2 aromatic carbocycles. The lowest BCUT2D eigenvalue weighted by Crippen LogP contribution is -2.30. The molecule has 1 N–H and O–H groups in total. The van der Waals surface area contributed by atoms with Crippen LogP contribution in [0.2, 0.25) is 0 Å². The molecule has 0 aliphatic heterocycles. The predicted octanol–water partition coefficient (Wildman–Crippen LogP) is 4.72. The molecule has 2 aromatic rings. The van der Waals surface area contributed by atoms with Crippen LogP contribution in [0.25, 0.3) is 6.08 Å². The minimum atomic E-state index is -4.44. The number of nitrogens with zero attached hydrogens (tertiary/aromatic N) is 1. The molecular formula is C22H21F3N2O3. The van der Waals surface area contributed by atoms with Gasteiger partial charge < -0.3 is 14.8 Å². The standard InChI is InChI=1S/C22H21F3N2O3/c1-14(2)27-21(28)17(12-26)9-15-7-8-19(29-3)20(11-15)30-13-16-5-4-6-18(10-16)22(23,24)25/h4-11,14H,13H2,1-3H3,(H,27,28)/b17-9+. The fourth-order valence-electron chi connectivity index (χ4n) is 2.55. The summed E-state index contributed by atoms with van der Waals surface area (Å²) in [5.41, 5.74) is -0.00748. The molecule has 158 valence electrons. The second-order valence-electron chi connectivity index (χ2n) is 6.70. The van der Waals surface area contributed by atoms with E-state index in [2.05, 4.69) is 5.32 Å². The minimum Gasteiger partial charge on any atom is -0.493 e. The number of hydrogen-bond donors (Lipinski definition) is 1. The van der Waals surface area contributed by atoms with Crippen LogP contribution in [0.15, 0.2) is 48.0 Å². The number of benzene rings is 2. The SMILES string of the molecule is COc1ccc(/C=C(\C#N)C(=O)NC(C)C)cc1OCc1cccc(C(F)(F)F)c1. The summed E-state index contributed by atoms with van der Waals surface area (Å²) in [4.78, 5) is 12.1. The number of alkyl halides is 3. The lowest BCUT2D eigenvalue weighted by atomic mass is 10.1. The highest BCUT2D eigenvalue weighted by atomic mass is 19.4. The van der Waals surface area contributed by atoms with Crippen molar-refractivity contribution < 1.29 is 27.4 Å². The number of carbonyl (C=O) groups is 1. The zero-order valence-electron chi connectivity index (χ0n) is 16.7. The number of nitrogens with one attached hydrogen (secondary N) is 1. The Hall–Kier alpha value is -3.47. The van der Waals surface area contributed by atoms with Gasteiger partial charge in [-0.05, 0) is 55.3 Å². The second kappa shape index (κ2) is 9.83. The maximum Gasteiger partial charge on any atom is 0.416 e. The van der Waals surface area contributed by atoms with Gasteiger partial charge in [0.1, 0.15) is 18.2 Å². The first-order valence-corrected chi connectivity index (χ1v) is 9.03. The molecule has 5 nitrogen and oxygen atoms in total. The fourth-order valence-corrected chi connectivity index (χ4v) is 2.55. The van der Waals surface area contributed by atoms with Crippen molar-refractivity contribution in [1.82, 2.24) is 5.32 Å². The van der Waals surface area contributed by atoms with E-state index in [4.69, 9.17) is 9.47 Å². The summed E-state index contributed by atoms with van der Waals surface area (Å²) in [5, 5.41) is 11.9. The molecule has 8 heteroatoms. The van der Waals surface area contributed by atoms with E-state index in [1.807, 2.05) is 6.07 Å². The van der Waals surface area contributed by atoms with Gasteiger partial charge >= 0.3 is 6.18 Å². The third kappa shape index (κ3) is 6.27. The lowest BCUT2D eigenvalue weighted by Gasteiger charge is -2.13. The summed E-state index contributed by atoms with van der Waals surface area (Å²) in [5.74, 6) is 0.129. The van der Waals surface area contributed by atoms with Crippen LogP contribution in [0.3, 0.4) is 0 Å². The van der Waals surface area contributed by atoms with Crippen LogP contribution < -0.4 is 14.8 Å². The first-order chi connectivity index (χ1) is 14.1. The molecule has 0 heterocycles. The molecule has 0 saturated carbocycles. The van der Waals surface area contributed by atoms with Crippen LogP contribution in [0.4, 0.5) is 13.2 Å². The number of methoxy groups -OCH3 is 1. The largest absolute Gasteiger partial charge is 0.493 e. The van der Waals surface area contributed by atoms with Crippen LogP contribution in [0.1, 0.15) is 30.5 Å². The molecule has 0 atom stereocenters. The molecule has 1 amide bonds. The zero-order valence-corrected chi connectivity index (χ0v) is 16.7. The predicted molar refractivity (Wildman–Crippen MR) is 106 cm³/mol. The van der Waals surface area contributed by atoms with E-state index in [1.165, 1.54) is 25.3 Å². The fraction of sp³-hybridized carbons (Fsp3) is 0.273. The van der Waals surface area contributed by atoms with Gasteiger partial charge in [0, 0.05) is 6.04 Å². The van der Waals surface area contributed by atoms with Gasteiger partial charge in [-0.25, -0.2) is 0 Å². The summed E-state index contributed by atoms with van der Waals surface area (Å²) in [7, 11) is 1.43. The van der Waals surface area contributed by atoms with Crippen LogP contribution in [0.5, 0.6) is 11.5 Å². The molecular weight excluding hydrogens is 397 g/mol. The summed E-state index contributed by atoms with van der Waals surface area (Å²) >= 11 is 0. The van der Waals surface area contributed by atoms with Crippen molar-refractivity contribution in [2.45, 2.75) is 32.7 Å². The molecule has 0 aliphatic carbocycles. The monoisotopic (exact) mass is 418 g/mol. The molecule has 0 radical (unpaired) electrons. The van der Waals surface area contributed by atoms with E-state index in [0.29, 0.717) is 16.9 Å². The molecule has 2 rings (SSSR count). The van der Waals surface area contributed by atoms with Gasteiger partial charge in [0.05, 0.1) is 12.7 Å². The Kier molecular flexibility index (Phi) is 7.48. The maximum absolute atomic E-state index is 12.9. The molecule has 30 heavy (non-hydrogen) atoms. The van der Waals surface area contributed by atoms with Crippen molar-refractivity contribution in [3.63, 3.8) is 0 Å². The molecule has 0 saturated heterocycles. The van der Waals surface area contributed by atoms with Crippen molar-refractivity contribution in [2.24, 2.45) is 0 Å². The molecule has 0 bridgehead atoms. The first-order valence-electron chi connectivity index (χ1n) is 9.03. The van der Waals surface area contributed by atoms with Gasteiger partial charge in [0.25, 0.3) is 5.91 Å². The lowest BCUT2D eigenvalue weighted by molar-refractivity contribution is -0.137. The van der Waals surface area contributed by atoms with E-state index < -0.39 is 17.6 Å². The Morgan fingerprint density at radius 1 is 1.20 bits per heavy atom. The van der Waals surface area contributed by atoms with Crippen LogP contribution in [-0.2, 0) is 17.6 Å². The minimum absolute atomic E-state index is 0.0855. The Morgan fingerprint density at radius 2 is 1.93 bits per heavy atom. The molecule has 0 aromatic heterocycles. The Bertz CT molecular complexity index is 976. The average Bonchev–Trinajstić information content (AvgIpc) is 2.69. The van der Waals surface area contributed by atoms with E-state index in [9.17, 15) is 23.2 Å². The van der Waals surface area contributed by atoms with E-state index in [0.717, 1.165) is 12.1 Å². The van der Waals surface area contributed by atoms with Crippen LogP contribution >= 0.6 is 0 Å². The highest BCUT2D eigenvalue weighted by molar-refractivity contribution is 6.01. The van der Waals surface area contributed by atoms with E-state index >= 15 is 0 Å². The Balaban J connectivity index is 2.26. The van der Waals surface area contributed by atoms with Crippen molar-refractivity contribution in [3.05, 3.63) is 64.7 Å². The van der Waals surface area contributed by atoms with Gasteiger partial charge in [0.15, 0.2) is 11.5 Å². The second-order valence-corrected chi connectivity index (χ2v) is 6.70. The molecule has 0 fully saturated rings. The number of ether oxygens (including phenoxy) is 2. The first kappa shape index (κ1) is 22.8. The summed E-state index contributed by atoms with van der Waals surface area (Å²) in [6.45, 7) is 3.44. The van der Waals surface area contributed by atoms with Crippen LogP contribution in [-0.4, -0.2) is 19.1 Å². The number of rotatable bonds is 7. The van der Waals surface area contributed by atoms with Crippen molar-refractivity contribution >= 4 is 12.0 Å². The van der Waals surface area contributed by atoms with Crippen molar-refractivity contribution in [1.29, 1.82) is 5.26 Å². The summed E-state index contributed by atoms with van der Waals surface area (Å²) < 4.78 is 49.5. The van der Waals surface area contributed by atoms with Gasteiger partial charge in [-0.15, -0.1) is 0 Å². The Labute approximate surface area is 172 Å². The number of nitriles is 1. The smallest absolute Gasteiger partial charge is 0.416 e. The normalized spacial score (nSPS) is 11.7. The highest BCUT2D eigenvalue weighted by Gasteiger charge is 2.30. The topological polar surface area (TPSA) is 71.3 Å². The van der Waals surface area contributed by atoms with Crippen molar-refractivity contribution in [2.75, 3.05) is 7.11 Å². The highest BCUT2D eigenvalue weighted by Crippen LogP contribution is 2.32. The van der Waals surface area contributed by atoms with Crippen molar-refractivity contribution in [3.8, 4) is 17.6 Å². The van der Waals surface area contributed by atoms with E-state index in [-0.39, 0.29) is 24.0 Å². The molecule has 0 spiro atoms. The quantitative estimate of drug-likeness (QED) is 0.522. The molecule has 0 unspecified atom stereocenters. The molecule has 0 aliphatic rings. The van der Waals surface area contributed by atoms with Gasteiger partial charge in [0.2, 0.25) is 0 Å². The third-order valence-corrected chi connectivity index (χ3v) is 3.93. The maximum atomic E-state index is 12.9. The number of carbonyl (C=O) groups excluding carboxylic acids is 1.